The molecule has 3 N–H and O–H groups in total. The van der Waals surface area contributed by atoms with Crippen LogP contribution in [0.4, 0.5) is 0 Å². The Morgan fingerprint density at radius 3 is 2.29 bits per heavy atom. The van der Waals surface area contributed by atoms with Crippen molar-refractivity contribution >= 4 is 12.3 Å². The summed E-state index contributed by atoms with van der Waals surface area (Å²) in [7, 11) is 0. The Labute approximate surface area is 100 Å². The van der Waals surface area contributed by atoms with E-state index in [1.54, 1.807) is 37.3 Å². The van der Waals surface area contributed by atoms with Crippen LogP contribution in [0.5, 0.6) is 0 Å². The number of carbonyl (C=O) groups is 2. The molecule has 17 heavy (non-hydrogen) atoms. The first-order valence-corrected chi connectivity index (χ1v) is 5.46. The summed E-state index contributed by atoms with van der Waals surface area (Å²) in [6.45, 7) is 3.21. The fourth-order valence-electron chi connectivity index (χ4n) is 1.85. The van der Waals surface area contributed by atoms with Gasteiger partial charge < -0.3 is 15.6 Å². The average Bonchev–Trinajstić information content (AvgIpc) is 2.37. The van der Waals surface area contributed by atoms with Gasteiger partial charge >= 0.3 is 5.97 Å². The van der Waals surface area contributed by atoms with E-state index in [9.17, 15) is 14.7 Å². The maximum atomic E-state index is 11.4. The lowest BCUT2D eigenvalue weighted by Gasteiger charge is -2.38. The van der Waals surface area contributed by atoms with Crippen molar-refractivity contribution in [3.05, 3.63) is 35.9 Å². The lowest BCUT2D eigenvalue weighted by molar-refractivity contribution is -0.155. The molecule has 0 aromatic heterocycles. The second kappa shape index (κ2) is 4.67. The van der Waals surface area contributed by atoms with Gasteiger partial charge in [-0.25, -0.2) is 0 Å². The summed E-state index contributed by atoms with van der Waals surface area (Å²) >= 11 is 0. The van der Waals surface area contributed by atoms with Crippen LogP contribution in [-0.2, 0) is 15.1 Å². The van der Waals surface area contributed by atoms with E-state index in [4.69, 9.17) is 5.73 Å². The van der Waals surface area contributed by atoms with Crippen LogP contribution in [0.2, 0.25) is 0 Å². The number of benzene rings is 1. The van der Waals surface area contributed by atoms with E-state index in [1.807, 2.05) is 0 Å². The summed E-state index contributed by atoms with van der Waals surface area (Å²) in [6.07, 6.45) is 0.798. The molecule has 2 unspecified atom stereocenters. The minimum atomic E-state index is -1.52. The number of carboxylic acid groups (broad SMARTS) is 1. The van der Waals surface area contributed by atoms with Crippen molar-refractivity contribution in [1.82, 2.24) is 0 Å². The number of hydrogen-bond donors (Lipinski definition) is 2. The van der Waals surface area contributed by atoms with E-state index in [-0.39, 0.29) is 6.42 Å². The summed E-state index contributed by atoms with van der Waals surface area (Å²) in [5.41, 5.74) is 3.73. The molecule has 0 aliphatic rings. The molecule has 1 aromatic rings. The molecule has 0 saturated heterocycles. The number of nitrogens with two attached hydrogens (primary N) is 1. The standard InChI is InChI=1S/C13H17NO3/c1-3-12(2,11(16)17)13(14,9-15)10-7-5-4-6-8-10/h4-9H,3,14H2,1-2H3,(H,16,17). The SMILES string of the molecule is CCC(C)(C(=O)O)C(N)(C=O)c1ccccc1. The second-order valence-electron chi connectivity index (χ2n) is 4.34. The van der Waals surface area contributed by atoms with Gasteiger partial charge in [-0.3, -0.25) is 4.79 Å². The first kappa shape index (κ1) is 13.4. The molecular formula is C13H17NO3. The largest absolute Gasteiger partial charge is 0.481 e. The zero-order valence-corrected chi connectivity index (χ0v) is 10.0. The van der Waals surface area contributed by atoms with Gasteiger partial charge in [-0.05, 0) is 18.9 Å². The highest BCUT2D eigenvalue weighted by Gasteiger charge is 2.51. The van der Waals surface area contributed by atoms with E-state index < -0.39 is 16.9 Å². The maximum absolute atomic E-state index is 11.4. The predicted molar refractivity (Wildman–Crippen MR) is 64.4 cm³/mol. The van der Waals surface area contributed by atoms with Crippen molar-refractivity contribution in [2.45, 2.75) is 25.8 Å². The summed E-state index contributed by atoms with van der Waals surface area (Å²) in [4.78, 5) is 22.7. The Balaban J connectivity index is 3.39. The number of hydrogen-bond acceptors (Lipinski definition) is 3. The van der Waals surface area contributed by atoms with Crippen molar-refractivity contribution in [3.8, 4) is 0 Å². The number of rotatable bonds is 5. The Hall–Kier alpha value is -1.68. The minimum absolute atomic E-state index is 0.270. The average molecular weight is 235 g/mol. The minimum Gasteiger partial charge on any atom is -0.481 e. The van der Waals surface area contributed by atoms with E-state index in [0.29, 0.717) is 11.8 Å². The van der Waals surface area contributed by atoms with Crippen LogP contribution < -0.4 is 5.73 Å². The Bertz CT molecular complexity index is 418. The Kier molecular flexibility index (Phi) is 3.68. The van der Waals surface area contributed by atoms with Gasteiger partial charge in [-0.2, -0.15) is 0 Å². The van der Waals surface area contributed by atoms with Crippen molar-refractivity contribution in [3.63, 3.8) is 0 Å². The fraction of sp³-hybridized carbons (Fsp3) is 0.385. The molecule has 4 heteroatoms. The van der Waals surface area contributed by atoms with Crippen molar-refractivity contribution in [2.24, 2.45) is 11.1 Å². The first-order valence-electron chi connectivity index (χ1n) is 5.46. The highest BCUT2D eigenvalue weighted by atomic mass is 16.4. The zero-order valence-electron chi connectivity index (χ0n) is 10.0. The summed E-state index contributed by atoms with van der Waals surface area (Å²) in [6, 6.07) is 8.60. The first-order chi connectivity index (χ1) is 7.92. The molecule has 1 aromatic carbocycles. The molecule has 2 atom stereocenters. The second-order valence-corrected chi connectivity index (χ2v) is 4.34. The van der Waals surface area contributed by atoms with E-state index in [0.717, 1.165) is 0 Å². The van der Waals surface area contributed by atoms with Gasteiger partial charge in [-0.15, -0.1) is 0 Å². The van der Waals surface area contributed by atoms with Gasteiger partial charge in [0.25, 0.3) is 0 Å². The highest BCUT2D eigenvalue weighted by Crippen LogP contribution is 2.39. The van der Waals surface area contributed by atoms with Crippen LogP contribution >= 0.6 is 0 Å². The molecule has 92 valence electrons. The molecule has 0 radical (unpaired) electrons. The quantitative estimate of drug-likeness (QED) is 0.758. The molecule has 0 amide bonds. The van der Waals surface area contributed by atoms with Crippen LogP contribution in [-0.4, -0.2) is 17.4 Å². The molecule has 1 rings (SSSR count). The zero-order chi connectivity index (χ0) is 13.1. The van der Waals surface area contributed by atoms with Gasteiger partial charge in [0.05, 0.1) is 5.41 Å². The van der Waals surface area contributed by atoms with E-state index in [1.165, 1.54) is 6.92 Å². The van der Waals surface area contributed by atoms with Gasteiger partial charge in [-0.1, -0.05) is 37.3 Å². The topological polar surface area (TPSA) is 80.4 Å². The maximum Gasteiger partial charge on any atom is 0.312 e. The van der Waals surface area contributed by atoms with E-state index in [2.05, 4.69) is 0 Å². The summed E-state index contributed by atoms with van der Waals surface area (Å²) < 4.78 is 0. The third-order valence-electron chi connectivity index (χ3n) is 3.53. The third kappa shape index (κ3) is 1.96. The van der Waals surface area contributed by atoms with Crippen molar-refractivity contribution in [2.75, 3.05) is 0 Å². The van der Waals surface area contributed by atoms with Gasteiger partial charge in [0, 0.05) is 0 Å². The molecule has 0 saturated carbocycles. The number of aldehydes is 1. The lowest BCUT2D eigenvalue weighted by Crippen LogP contribution is -2.56. The molecule has 0 bridgehead atoms. The number of aliphatic carboxylic acids is 1. The van der Waals surface area contributed by atoms with E-state index >= 15 is 0 Å². The summed E-state index contributed by atoms with van der Waals surface area (Å²) in [5, 5.41) is 9.32. The van der Waals surface area contributed by atoms with Gasteiger partial charge in [0.2, 0.25) is 0 Å². The predicted octanol–water partition coefficient (Wildman–Crippen LogP) is 1.54. The molecule has 0 fully saturated rings. The van der Waals surface area contributed by atoms with Crippen LogP contribution in [0.25, 0.3) is 0 Å². The summed E-state index contributed by atoms with van der Waals surface area (Å²) in [5.74, 6) is -1.07. The van der Waals surface area contributed by atoms with Gasteiger partial charge in [0.1, 0.15) is 11.8 Å². The third-order valence-corrected chi connectivity index (χ3v) is 3.53. The smallest absolute Gasteiger partial charge is 0.312 e. The van der Waals surface area contributed by atoms with Crippen molar-refractivity contribution < 1.29 is 14.7 Å². The van der Waals surface area contributed by atoms with Crippen molar-refractivity contribution in [1.29, 1.82) is 0 Å². The van der Waals surface area contributed by atoms with Crippen LogP contribution in [0, 0.1) is 5.41 Å². The van der Waals surface area contributed by atoms with Crippen LogP contribution in [0.15, 0.2) is 30.3 Å². The normalized spacial score (nSPS) is 17.8. The van der Waals surface area contributed by atoms with Crippen LogP contribution in [0.1, 0.15) is 25.8 Å². The fourth-order valence-corrected chi connectivity index (χ4v) is 1.85. The molecule has 4 nitrogen and oxygen atoms in total. The Morgan fingerprint density at radius 2 is 1.94 bits per heavy atom. The highest BCUT2D eigenvalue weighted by molar-refractivity contribution is 5.84. The molecular weight excluding hydrogens is 218 g/mol. The number of carboxylic acids is 1. The number of carbonyl (C=O) groups excluding carboxylic acids is 1. The molecule has 0 heterocycles. The lowest BCUT2D eigenvalue weighted by atomic mass is 9.66. The molecule has 0 spiro atoms. The monoisotopic (exact) mass is 235 g/mol. The molecule has 0 aliphatic heterocycles. The van der Waals surface area contributed by atoms with Gasteiger partial charge in [0.15, 0.2) is 0 Å². The van der Waals surface area contributed by atoms with Crippen LogP contribution in [0.3, 0.4) is 0 Å². The molecule has 0 aliphatic carbocycles. The Morgan fingerprint density at radius 1 is 1.41 bits per heavy atom.